The van der Waals surface area contributed by atoms with Crippen molar-refractivity contribution >= 4 is 11.5 Å². The molecule has 3 N–H and O–H groups in total. The standard InChI is InChI=1S/C20H28N2O3/c1-14(20(21)24)19(15-5-3-2-4-6-15)12-17-11-18(23)13-22(17)16-7-9-25-10-8-16/h2-6,16-18,23H,7-13H2,1H3,(H2,21,24). The van der Waals surface area contributed by atoms with Gasteiger partial charge in [-0.05, 0) is 43.7 Å². The van der Waals surface area contributed by atoms with E-state index in [9.17, 15) is 9.90 Å². The number of likely N-dealkylation sites (tertiary alicyclic amines) is 1. The molecule has 2 aliphatic rings. The first-order valence-electron chi connectivity index (χ1n) is 9.12. The van der Waals surface area contributed by atoms with Crippen LogP contribution in [-0.4, -0.2) is 53.9 Å². The summed E-state index contributed by atoms with van der Waals surface area (Å²) in [6.07, 6.45) is 3.16. The van der Waals surface area contributed by atoms with Gasteiger partial charge < -0.3 is 15.6 Å². The average Bonchev–Trinajstić information content (AvgIpc) is 3.01. The number of hydrogen-bond acceptors (Lipinski definition) is 4. The van der Waals surface area contributed by atoms with Gasteiger partial charge >= 0.3 is 0 Å². The van der Waals surface area contributed by atoms with E-state index < -0.39 is 0 Å². The van der Waals surface area contributed by atoms with Crippen LogP contribution in [-0.2, 0) is 9.53 Å². The van der Waals surface area contributed by atoms with Crippen LogP contribution < -0.4 is 5.73 Å². The maximum atomic E-state index is 11.8. The number of carbonyl (C=O) groups excluding carboxylic acids is 1. The zero-order chi connectivity index (χ0) is 17.8. The average molecular weight is 344 g/mol. The van der Waals surface area contributed by atoms with Crippen LogP contribution in [0.25, 0.3) is 5.57 Å². The first-order valence-corrected chi connectivity index (χ1v) is 9.12. The molecule has 3 rings (SSSR count). The molecule has 0 spiro atoms. The van der Waals surface area contributed by atoms with E-state index in [-0.39, 0.29) is 18.1 Å². The first-order chi connectivity index (χ1) is 12.1. The Morgan fingerprint density at radius 2 is 1.96 bits per heavy atom. The second-order valence-corrected chi connectivity index (χ2v) is 7.12. The molecule has 1 aromatic carbocycles. The van der Waals surface area contributed by atoms with Crippen molar-refractivity contribution in [3.8, 4) is 0 Å². The maximum absolute atomic E-state index is 11.8. The summed E-state index contributed by atoms with van der Waals surface area (Å²) in [5.41, 5.74) is 8.21. The number of benzene rings is 1. The maximum Gasteiger partial charge on any atom is 0.244 e. The number of nitrogens with zero attached hydrogens (tertiary/aromatic N) is 1. The summed E-state index contributed by atoms with van der Waals surface area (Å²) in [5, 5.41) is 10.3. The summed E-state index contributed by atoms with van der Waals surface area (Å²) in [6.45, 7) is 4.07. The van der Waals surface area contributed by atoms with Gasteiger partial charge in [0.25, 0.3) is 0 Å². The third-order valence-electron chi connectivity index (χ3n) is 5.48. The lowest BCUT2D eigenvalue weighted by Crippen LogP contribution is -2.43. The molecule has 2 aliphatic heterocycles. The molecule has 2 fully saturated rings. The summed E-state index contributed by atoms with van der Waals surface area (Å²) >= 11 is 0. The van der Waals surface area contributed by atoms with Gasteiger partial charge in [0, 0.05) is 37.4 Å². The van der Waals surface area contributed by atoms with Crippen molar-refractivity contribution in [3.63, 3.8) is 0 Å². The normalized spacial score (nSPS) is 26.5. The Kier molecular flexibility index (Phi) is 5.89. The highest BCUT2D eigenvalue weighted by molar-refractivity contribution is 5.99. The number of primary amides is 1. The number of nitrogens with two attached hydrogens (primary N) is 1. The number of aliphatic hydroxyl groups excluding tert-OH is 1. The Morgan fingerprint density at radius 1 is 1.28 bits per heavy atom. The molecule has 25 heavy (non-hydrogen) atoms. The van der Waals surface area contributed by atoms with Crippen LogP contribution in [0.5, 0.6) is 0 Å². The third kappa shape index (κ3) is 4.29. The minimum atomic E-state index is -0.380. The van der Waals surface area contributed by atoms with E-state index in [0.717, 1.165) is 50.0 Å². The van der Waals surface area contributed by atoms with Gasteiger partial charge in [-0.15, -0.1) is 0 Å². The fraction of sp³-hybridized carbons (Fsp3) is 0.550. The van der Waals surface area contributed by atoms with Crippen molar-refractivity contribution in [2.24, 2.45) is 5.73 Å². The zero-order valence-corrected chi connectivity index (χ0v) is 14.9. The summed E-state index contributed by atoms with van der Waals surface area (Å²) in [7, 11) is 0. The summed E-state index contributed by atoms with van der Waals surface area (Å²) < 4.78 is 5.48. The Balaban J connectivity index is 1.85. The molecule has 2 unspecified atom stereocenters. The van der Waals surface area contributed by atoms with E-state index in [4.69, 9.17) is 10.5 Å². The van der Waals surface area contributed by atoms with Crippen LogP contribution >= 0.6 is 0 Å². The number of amides is 1. The second-order valence-electron chi connectivity index (χ2n) is 7.12. The fourth-order valence-corrected chi connectivity index (χ4v) is 4.09. The van der Waals surface area contributed by atoms with Crippen molar-refractivity contribution in [1.29, 1.82) is 0 Å². The summed E-state index contributed by atoms with van der Waals surface area (Å²) in [4.78, 5) is 14.2. The molecular formula is C20H28N2O3. The van der Waals surface area contributed by atoms with Gasteiger partial charge in [0.15, 0.2) is 0 Å². The molecule has 1 aromatic rings. The second kappa shape index (κ2) is 8.13. The fourth-order valence-electron chi connectivity index (χ4n) is 4.09. The molecule has 0 saturated carbocycles. The van der Waals surface area contributed by atoms with E-state index in [1.807, 2.05) is 30.3 Å². The van der Waals surface area contributed by atoms with Crippen LogP contribution in [0.1, 0.15) is 38.2 Å². The number of rotatable bonds is 5. The molecule has 2 saturated heterocycles. The molecule has 5 heteroatoms. The number of ether oxygens (including phenoxy) is 1. The number of aliphatic hydroxyl groups is 1. The SMILES string of the molecule is CC(C(N)=O)=C(CC1CC(O)CN1C1CCOCC1)c1ccccc1. The van der Waals surface area contributed by atoms with Gasteiger partial charge in [-0.3, -0.25) is 9.69 Å². The molecule has 5 nitrogen and oxygen atoms in total. The van der Waals surface area contributed by atoms with Crippen molar-refractivity contribution in [2.75, 3.05) is 19.8 Å². The number of β-amino-alcohol motifs (C(OH)–C–C–N with tert-alkyl or cyclic N) is 1. The summed E-state index contributed by atoms with van der Waals surface area (Å²) in [6, 6.07) is 10.6. The lowest BCUT2D eigenvalue weighted by molar-refractivity contribution is -0.114. The van der Waals surface area contributed by atoms with Crippen LogP contribution in [0, 0.1) is 0 Å². The van der Waals surface area contributed by atoms with Crippen molar-refractivity contribution < 1.29 is 14.6 Å². The summed E-state index contributed by atoms with van der Waals surface area (Å²) in [5.74, 6) is -0.380. The molecule has 0 aliphatic carbocycles. The van der Waals surface area contributed by atoms with E-state index in [2.05, 4.69) is 4.90 Å². The molecule has 0 bridgehead atoms. The van der Waals surface area contributed by atoms with E-state index in [0.29, 0.717) is 18.2 Å². The molecule has 2 atom stereocenters. The highest BCUT2D eigenvalue weighted by atomic mass is 16.5. The number of carbonyl (C=O) groups is 1. The van der Waals surface area contributed by atoms with Gasteiger partial charge in [-0.2, -0.15) is 0 Å². The lowest BCUT2D eigenvalue weighted by atomic mass is 9.92. The van der Waals surface area contributed by atoms with Gasteiger partial charge in [0.2, 0.25) is 5.91 Å². The van der Waals surface area contributed by atoms with E-state index in [1.54, 1.807) is 6.92 Å². The van der Waals surface area contributed by atoms with Crippen molar-refractivity contribution in [2.45, 2.75) is 50.8 Å². The molecular weight excluding hydrogens is 316 g/mol. The van der Waals surface area contributed by atoms with Gasteiger partial charge in [-0.1, -0.05) is 30.3 Å². The van der Waals surface area contributed by atoms with Crippen LogP contribution in [0.15, 0.2) is 35.9 Å². The van der Waals surface area contributed by atoms with Crippen molar-refractivity contribution in [1.82, 2.24) is 4.90 Å². The molecule has 2 heterocycles. The minimum Gasteiger partial charge on any atom is -0.392 e. The van der Waals surface area contributed by atoms with Gasteiger partial charge in [0.1, 0.15) is 0 Å². The molecule has 136 valence electrons. The molecule has 0 aromatic heterocycles. The Morgan fingerprint density at radius 3 is 2.60 bits per heavy atom. The first kappa shape index (κ1) is 18.1. The topological polar surface area (TPSA) is 75.8 Å². The molecule has 0 radical (unpaired) electrons. The monoisotopic (exact) mass is 344 g/mol. The Bertz CT molecular complexity index is 623. The Hall–Kier alpha value is -1.69. The largest absolute Gasteiger partial charge is 0.392 e. The predicted molar refractivity (Wildman–Crippen MR) is 97.8 cm³/mol. The Labute approximate surface area is 149 Å². The van der Waals surface area contributed by atoms with E-state index in [1.165, 1.54) is 0 Å². The van der Waals surface area contributed by atoms with Crippen LogP contribution in [0.3, 0.4) is 0 Å². The van der Waals surface area contributed by atoms with E-state index >= 15 is 0 Å². The lowest BCUT2D eigenvalue weighted by Gasteiger charge is -2.36. The van der Waals surface area contributed by atoms with Crippen LogP contribution in [0.2, 0.25) is 0 Å². The minimum absolute atomic E-state index is 0.225. The van der Waals surface area contributed by atoms with Crippen LogP contribution in [0.4, 0.5) is 0 Å². The molecule has 1 amide bonds. The van der Waals surface area contributed by atoms with Crippen molar-refractivity contribution in [3.05, 3.63) is 41.5 Å². The quantitative estimate of drug-likeness (QED) is 0.801. The smallest absolute Gasteiger partial charge is 0.244 e. The van der Waals surface area contributed by atoms with Gasteiger partial charge in [-0.25, -0.2) is 0 Å². The van der Waals surface area contributed by atoms with Gasteiger partial charge in [0.05, 0.1) is 6.10 Å². The highest BCUT2D eigenvalue weighted by Gasteiger charge is 2.36. The predicted octanol–water partition coefficient (Wildman–Crippen LogP) is 1.95. The number of hydrogen-bond donors (Lipinski definition) is 2. The zero-order valence-electron chi connectivity index (χ0n) is 14.9. The third-order valence-corrected chi connectivity index (χ3v) is 5.48. The highest BCUT2D eigenvalue weighted by Crippen LogP contribution is 2.33.